The summed E-state index contributed by atoms with van der Waals surface area (Å²) in [4.78, 5) is 11.1. The first kappa shape index (κ1) is 21.3. The van der Waals surface area contributed by atoms with E-state index in [0.29, 0.717) is 23.8 Å². The fourth-order valence-electron chi connectivity index (χ4n) is 2.26. The van der Waals surface area contributed by atoms with Gasteiger partial charge in [0.2, 0.25) is 15.9 Å². The van der Waals surface area contributed by atoms with Gasteiger partial charge in [0.25, 0.3) is 0 Å². The molecule has 2 N–H and O–H groups in total. The molecule has 7 nitrogen and oxygen atoms in total. The maximum Gasteiger partial charge on any atom is 0.245 e. The highest BCUT2D eigenvalue weighted by Gasteiger charge is 2.18. The number of para-hydroxylation sites is 1. The first-order valence-electron chi connectivity index (χ1n) is 8.60. The molecule has 2 rings (SSSR count). The lowest BCUT2D eigenvalue weighted by molar-refractivity contribution is -0.114. The van der Waals surface area contributed by atoms with Crippen LogP contribution in [0.25, 0.3) is 0 Å². The standard InChI is InChI=1S/C20H22N2O5S/c1-3-26-19-11-4-5-12-20(19)28(24,25)21-13-6-7-14-27-18-10-8-9-17(15-18)22-16(2)23/h4-5,8-12,15,21H,3,13-14H2,1-2H3,(H,22,23). The van der Waals surface area contributed by atoms with Crippen LogP contribution in [0.3, 0.4) is 0 Å². The number of benzene rings is 2. The van der Waals surface area contributed by atoms with Gasteiger partial charge < -0.3 is 14.8 Å². The summed E-state index contributed by atoms with van der Waals surface area (Å²) in [6.07, 6.45) is 0. The Morgan fingerprint density at radius 2 is 1.86 bits per heavy atom. The van der Waals surface area contributed by atoms with E-state index in [0.717, 1.165) is 0 Å². The number of nitrogens with one attached hydrogen (secondary N) is 2. The maximum absolute atomic E-state index is 12.4. The van der Waals surface area contributed by atoms with Crippen molar-refractivity contribution in [2.75, 3.05) is 25.1 Å². The Morgan fingerprint density at radius 3 is 2.61 bits per heavy atom. The minimum absolute atomic E-state index is 0.0575. The van der Waals surface area contributed by atoms with Crippen LogP contribution < -0.4 is 19.5 Å². The van der Waals surface area contributed by atoms with Crippen molar-refractivity contribution in [3.8, 4) is 23.3 Å². The quantitative estimate of drug-likeness (QED) is 0.662. The third kappa shape index (κ3) is 6.61. The Kier molecular flexibility index (Phi) is 7.87. The number of sulfonamides is 1. The van der Waals surface area contributed by atoms with E-state index in [-0.39, 0.29) is 24.0 Å². The Bertz CT molecular complexity index is 977. The predicted molar refractivity (Wildman–Crippen MR) is 107 cm³/mol. The van der Waals surface area contributed by atoms with E-state index in [1.807, 2.05) is 0 Å². The summed E-state index contributed by atoms with van der Waals surface area (Å²) in [5.41, 5.74) is 0.624. The highest BCUT2D eigenvalue weighted by atomic mass is 32.2. The molecule has 2 aromatic rings. The number of hydrogen-bond donors (Lipinski definition) is 2. The monoisotopic (exact) mass is 402 g/mol. The highest BCUT2D eigenvalue weighted by Crippen LogP contribution is 2.22. The molecule has 28 heavy (non-hydrogen) atoms. The molecule has 0 heterocycles. The van der Waals surface area contributed by atoms with Crippen molar-refractivity contribution >= 4 is 21.6 Å². The Hall–Kier alpha value is -3.02. The molecule has 0 aliphatic heterocycles. The molecule has 0 fully saturated rings. The summed E-state index contributed by atoms with van der Waals surface area (Å²) >= 11 is 0. The van der Waals surface area contributed by atoms with Gasteiger partial charge in [-0.3, -0.25) is 4.79 Å². The van der Waals surface area contributed by atoms with Crippen LogP contribution in [0.4, 0.5) is 5.69 Å². The lowest BCUT2D eigenvalue weighted by Crippen LogP contribution is -2.24. The number of carbonyl (C=O) groups excluding carboxylic acids is 1. The van der Waals surface area contributed by atoms with Crippen molar-refractivity contribution in [2.24, 2.45) is 0 Å². The summed E-state index contributed by atoms with van der Waals surface area (Å²) in [7, 11) is -3.73. The molecule has 148 valence electrons. The van der Waals surface area contributed by atoms with E-state index in [1.54, 1.807) is 49.4 Å². The topological polar surface area (TPSA) is 93.7 Å². The predicted octanol–water partition coefficient (Wildman–Crippen LogP) is 2.40. The van der Waals surface area contributed by atoms with Crippen LogP contribution >= 0.6 is 0 Å². The van der Waals surface area contributed by atoms with Crippen molar-refractivity contribution in [3.63, 3.8) is 0 Å². The van der Waals surface area contributed by atoms with Gasteiger partial charge >= 0.3 is 0 Å². The smallest absolute Gasteiger partial charge is 0.245 e. The van der Waals surface area contributed by atoms with Crippen LogP contribution in [0, 0.1) is 11.8 Å². The third-order valence-corrected chi connectivity index (χ3v) is 4.82. The lowest BCUT2D eigenvalue weighted by atomic mass is 10.3. The fourth-order valence-corrected chi connectivity index (χ4v) is 3.32. The van der Waals surface area contributed by atoms with E-state index < -0.39 is 10.0 Å². The molecule has 0 atom stereocenters. The average molecular weight is 402 g/mol. The lowest BCUT2D eigenvalue weighted by Gasteiger charge is -2.10. The molecule has 0 radical (unpaired) electrons. The van der Waals surface area contributed by atoms with Gasteiger partial charge in [0.05, 0.1) is 13.2 Å². The number of carbonyl (C=O) groups is 1. The summed E-state index contributed by atoms with van der Waals surface area (Å²) < 4.78 is 38.0. The van der Waals surface area contributed by atoms with Crippen LogP contribution in [-0.4, -0.2) is 34.1 Å². The zero-order valence-electron chi connectivity index (χ0n) is 15.7. The van der Waals surface area contributed by atoms with Crippen molar-refractivity contribution in [1.82, 2.24) is 4.72 Å². The van der Waals surface area contributed by atoms with Crippen molar-refractivity contribution in [3.05, 3.63) is 48.5 Å². The van der Waals surface area contributed by atoms with Crippen LogP contribution in [0.1, 0.15) is 13.8 Å². The molecule has 8 heteroatoms. The second kappa shape index (κ2) is 10.3. The van der Waals surface area contributed by atoms with Crippen LogP contribution in [0.2, 0.25) is 0 Å². The number of ether oxygens (including phenoxy) is 2. The van der Waals surface area contributed by atoms with Gasteiger partial charge in [-0.25, -0.2) is 8.42 Å². The molecule has 0 aliphatic carbocycles. The second-order valence-corrected chi connectivity index (χ2v) is 7.29. The fraction of sp³-hybridized carbons (Fsp3) is 0.250. The average Bonchev–Trinajstić information content (AvgIpc) is 2.65. The SMILES string of the molecule is CCOc1ccccc1S(=O)(=O)NCC#CCOc1cccc(NC(C)=O)c1. The van der Waals surface area contributed by atoms with Crippen LogP contribution in [0.5, 0.6) is 11.5 Å². The first-order valence-corrected chi connectivity index (χ1v) is 10.1. The van der Waals surface area contributed by atoms with Crippen LogP contribution in [-0.2, 0) is 14.8 Å². The van der Waals surface area contributed by atoms with E-state index >= 15 is 0 Å². The van der Waals surface area contributed by atoms with E-state index in [9.17, 15) is 13.2 Å². The molecule has 0 aliphatic rings. The Balaban J connectivity index is 1.88. The van der Waals surface area contributed by atoms with Gasteiger partial charge in [0.1, 0.15) is 23.0 Å². The highest BCUT2D eigenvalue weighted by molar-refractivity contribution is 7.89. The normalized spacial score (nSPS) is 10.5. The molecule has 0 bridgehead atoms. The molecule has 0 saturated heterocycles. The third-order valence-electron chi connectivity index (χ3n) is 3.38. The first-order chi connectivity index (χ1) is 13.4. The van der Waals surface area contributed by atoms with Crippen molar-refractivity contribution in [1.29, 1.82) is 0 Å². The van der Waals surface area contributed by atoms with Gasteiger partial charge in [-0.2, -0.15) is 4.72 Å². The number of rotatable bonds is 8. The number of anilines is 1. The molecule has 2 aromatic carbocycles. The molecule has 0 spiro atoms. The maximum atomic E-state index is 12.4. The molecule has 0 unspecified atom stereocenters. The minimum Gasteiger partial charge on any atom is -0.492 e. The summed E-state index contributed by atoms with van der Waals surface area (Å²) in [6.45, 7) is 3.60. The second-order valence-electron chi connectivity index (χ2n) is 5.56. The van der Waals surface area contributed by atoms with Gasteiger partial charge in [0.15, 0.2) is 0 Å². The summed E-state index contributed by atoms with van der Waals surface area (Å²) in [6, 6.07) is 13.3. The minimum atomic E-state index is -3.73. The van der Waals surface area contributed by atoms with Crippen molar-refractivity contribution < 1.29 is 22.7 Å². The van der Waals surface area contributed by atoms with Gasteiger partial charge in [-0.05, 0) is 31.2 Å². The summed E-state index contributed by atoms with van der Waals surface area (Å²) in [5.74, 6) is 6.12. The molecule has 0 saturated carbocycles. The molecule has 0 aromatic heterocycles. The Morgan fingerprint density at radius 1 is 1.07 bits per heavy atom. The van der Waals surface area contributed by atoms with Gasteiger partial charge in [0, 0.05) is 18.7 Å². The van der Waals surface area contributed by atoms with E-state index in [4.69, 9.17) is 9.47 Å². The van der Waals surface area contributed by atoms with Crippen molar-refractivity contribution in [2.45, 2.75) is 18.7 Å². The zero-order valence-corrected chi connectivity index (χ0v) is 16.5. The summed E-state index contributed by atoms with van der Waals surface area (Å²) in [5, 5.41) is 2.66. The molecule has 1 amide bonds. The van der Waals surface area contributed by atoms with Gasteiger partial charge in [-0.15, -0.1) is 0 Å². The molecular formula is C20H22N2O5S. The Labute approximate surface area is 165 Å². The number of hydrogen-bond acceptors (Lipinski definition) is 5. The van der Waals surface area contributed by atoms with E-state index in [2.05, 4.69) is 21.9 Å². The van der Waals surface area contributed by atoms with Gasteiger partial charge in [-0.1, -0.05) is 30.0 Å². The van der Waals surface area contributed by atoms with E-state index in [1.165, 1.54) is 13.0 Å². The number of amides is 1. The zero-order chi connectivity index (χ0) is 20.4. The molecular weight excluding hydrogens is 380 g/mol. The largest absolute Gasteiger partial charge is 0.492 e. The van der Waals surface area contributed by atoms with Crippen LogP contribution in [0.15, 0.2) is 53.4 Å².